The van der Waals surface area contributed by atoms with Crippen LogP contribution < -0.4 is 5.32 Å². The maximum Gasteiger partial charge on any atom is 0.287 e. The number of hydrogen-bond acceptors (Lipinski definition) is 7. The number of aromatic nitrogens is 1. The van der Waals surface area contributed by atoms with Gasteiger partial charge in [-0.2, -0.15) is 5.26 Å². The van der Waals surface area contributed by atoms with E-state index in [0.717, 1.165) is 75.9 Å². The summed E-state index contributed by atoms with van der Waals surface area (Å²) in [6.45, 7) is 5.34. The van der Waals surface area contributed by atoms with Gasteiger partial charge in [-0.25, -0.2) is 0 Å². The van der Waals surface area contributed by atoms with Crippen LogP contribution in [-0.4, -0.2) is 58.7 Å². The van der Waals surface area contributed by atoms with E-state index in [2.05, 4.69) is 32.2 Å². The van der Waals surface area contributed by atoms with Gasteiger partial charge in [0.15, 0.2) is 5.76 Å². The van der Waals surface area contributed by atoms with Crippen LogP contribution in [0, 0.1) is 17.2 Å². The van der Waals surface area contributed by atoms with Gasteiger partial charge in [0.25, 0.3) is 5.91 Å². The number of furan rings is 1. The van der Waals surface area contributed by atoms with Gasteiger partial charge in [0.2, 0.25) is 0 Å². The van der Waals surface area contributed by atoms with Crippen LogP contribution in [0.25, 0.3) is 11.0 Å². The van der Waals surface area contributed by atoms with Crippen LogP contribution in [0.5, 0.6) is 0 Å². The van der Waals surface area contributed by atoms with Gasteiger partial charge in [0.05, 0.1) is 11.6 Å². The highest BCUT2D eigenvalue weighted by atomic mass is 16.3. The van der Waals surface area contributed by atoms with Crippen LogP contribution in [0.4, 0.5) is 0 Å². The largest absolute Gasteiger partial charge is 0.451 e. The maximum absolute atomic E-state index is 13.1. The van der Waals surface area contributed by atoms with Gasteiger partial charge >= 0.3 is 0 Å². The molecule has 0 aliphatic carbocycles. The first kappa shape index (κ1) is 28.8. The summed E-state index contributed by atoms with van der Waals surface area (Å²) < 4.78 is 5.89. The molecule has 2 aromatic heterocycles. The van der Waals surface area contributed by atoms with E-state index in [9.17, 15) is 9.59 Å². The lowest BCUT2D eigenvalue weighted by Crippen LogP contribution is -2.44. The zero-order valence-electron chi connectivity index (χ0n) is 24.4. The number of carbonyl (C=O) groups is 2. The van der Waals surface area contributed by atoms with Crippen molar-refractivity contribution >= 4 is 22.7 Å². The number of amides is 1. The molecule has 43 heavy (non-hydrogen) atoms. The number of nitriles is 1. The van der Waals surface area contributed by atoms with E-state index in [1.165, 1.54) is 11.1 Å². The average Bonchev–Trinajstić information content (AvgIpc) is 3.47. The molecule has 4 heterocycles. The fraction of sp³-hybridized carbons (Fsp3) is 0.371. The number of pyridine rings is 1. The number of carbonyl (C=O) groups excluding carboxylic acids is 2. The molecule has 6 rings (SSSR count). The molecule has 0 unspecified atom stereocenters. The first-order valence-corrected chi connectivity index (χ1v) is 15.2. The monoisotopic (exact) mass is 575 g/mol. The standard InChI is InChI=1S/C35H37N5O3/c36-21-25-3-5-26(6-4-25)23-40-16-11-31(12-17-40)38-35(42)34-20-30-18-27(7-8-33(30)43-34)19-32(41)29-9-14-39(15-10-29)24-28-2-1-13-37-22-28/h1-8,13,18,20,22,29,31H,9-12,14-17,19,23-24H2,(H,38,42). The Labute approximate surface area is 252 Å². The molecular formula is C35H37N5O3. The second kappa shape index (κ2) is 13.3. The molecule has 4 aromatic rings. The Kier molecular flexibility index (Phi) is 8.92. The van der Waals surface area contributed by atoms with Crippen molar-refractivity contribution in [2.45, 2.75) is 51.2 Å². The highest BCUT2D eigenvalue weighted by molar-refractivity contribution is 5.96. The number of nitrogens with zero attached hydrogens (tertiary/aromatic N) is 4. The minimum Gasteiger partial charge on any atom is -0.451 e. The highest BCUT2D eigenvalue weighted by Gasteiger charge is 2.26. The molecule has 0 spiro atoms. The molecule has 0 bridgehead atoms. The summed E-state index contributed by atoms with van der Waals surface area (Å²) >= 11 is 0. The number of ketones is 1. The molecule has 0 atom stereocenters. The van der Waals surface area contributed by atoms with Gasteiger partial charge in [0, 0.05) is 62.3 Å². The van der Waals surface area contributed by atoms with Crippen LogP contribution in [0.15, 0.2) is 77.5 Å². The number of Topliss-reactive ketones (excluding diaryl/α,β-unsaturated/α-hetero) is 1. The second-order valence-corrected chi connectivity index (χ2v) is 11.9. The van der Waals surface area contributed by atoms with Gasteiger partial charge in [-0.3, -0.25) is 24.4 Å². The van der Waals surface area contributed by atoms with Crippen molar-refractivity contribution in [1.82, 2.24) is 20.1 Å². The van der Waals surface area contributed by atoms with Crippen molar-refractivity contribution in [3.8, 4) is 6.07 Å². The van der Waals surface area contributed by atoms with E-state index in [4.69, 9.17) is 9.68 Å². The Morgan fingerprint density at radius 3 is 2.28 bits per heavy atom. The summed E-state index contributed by atoms with van der Waals surface area (Å²) in [5.74, 6) is 0.478. The fourth-order valence-corrected chi connectivity index (χ4v) is 6.26. The molecule has 2 aromatic carbocycles. The quantitative estimate of drug-likeness (QED) is 0.296. The number of nitrogens with one attached hydrogen (secondary N) is 1. The Bertz CT molecular complexity index is 1590. The van der Waals surface area contributed by atoms with Crippen molar-refractivity contribution < 1.29 is 14.0 Å². The lowest BCUT2D eigenvalue weighted by atomic mass is 9.89. The Balaban J connectivity index is 0.971. The predicted octanol–water partition coefficient (Wildman–Crippen LogP) is 5.12. The van der Waals surface area contributed by atoms with Gasteiger partial charge in [-0.15, -0.1) is 0 Å². The topological polar surface area (TPSA) is 102 Å². The molecule has 0 radical (unpaired) electrons. The summed E-state index contributed by atoms with van der Waals surface area (Å²) in [6.07, 6.45) is 7.60. The van der Waals surface area contributed by atoms with E-state index in [-0.39, 0.29) is 23.7 Å². The van der Waals surface area contributed by atoms with E-state index in [0.29, 0.717) is 23.3 Å². The van der Waals surface area contributed by atoms with Crippen molar-refractivity contribution in [2.24, 2.45) is 5.92 Å². The van der Waals surface area contributed by atoms with Gasteiger partial charge < -0.3 is 9.73 Å². The van der Waals surface area contributed by atoms with Crippen molar-refractivity contribution in [2.75, 3.05) is 26.2 Å². The van der Waals surface area contributed by atoms with Crippen LogP contribution in [-0.2, 0) is 24.3 Å². The third-order valence-corrected chi connectivity index (χ3v) is 8.77. The number of piperidine rings is 2. The molecule has 8 nitrogen and oxygen atoms in total. The predicted molar refractivity (Wildman–Crippen MR) is 164 cm³/mol. The summed E-state index contributed by atoms with van der Waals surface area (Å²) in [5, 5.41) is 13.0. The number of likely N-dealkylation sites (tertiary alicyclic amines) is 2. The van der Waals surface area contributed by atoms with Gasteiger partial charge in [-0.1, -0.05) is 24.3 Å². The number of rotatable bonds is 9. The molecule has 8 heteroatoms. The molecule has 2 fully saturated rings. The van der Waals surface area contributed by atoms with Crippen LogP contribution in [0.1, 0.15) is 58.5 Å². The lowest BCUT2D eigenvalue weighted by Gasteiger charge is -2.32. The second-order valence-electron chi connectivity index (χ2n) is 11.9. The Morgan fingerprint density at radius 2 is 1.58 bits per heavy atom. The fourth-order valence-electron chi connectivity index (χ4n) is 6.26. The Hall–Kier alpha value is -4.32. The molecule has 1 amide bonds. The molecule has 2 aliphatic heterocycles. The van der Waals surface area contributed by atoms with Crippen LogP contribution >= 0.6 is 0 Å². The third-order valence-electron chi connectivity index (χ3n) is 8.77. The molecule has 1 N–H and O–H groups in total. The van der Waals surface area contributed by atoms with Crippen molar-refractivity contribution in [1.29, 1.82) is 5.26 Å². The molecule has 2 aliphatic rings. The first-order chi connectivity index (χ1) is 21.0. The molecule has 0 saturated carbocycles. The summed E-state index contributed by atoms with van der Waals surface area (Å²) in [7, 11) is 0. The Morgan fingerprint density at radius 1 is 0.884 bits per heavy atom. The lowest BCUT2D eigenvalue weighted by molar-refractivity contribution is -0.123. The van der Waals surface area contributed by atoms with E-state index >= 15 is 0 Å². The van der Waals surface area contributed by atoms with Crippen molar-refractivity contribution in [3.05, 3.63) is 101 Å². The van der Waals surface area contributed by atoms with Crippen LogP contribution in [0.3, 0.4) is 0 Å². The minimum atomic E-state index is -0.197. The summed E-state index contributed by atoms with van der Waals surface area (Å²) in [5.41, 5.74) is 4.67. The molecule has 220 valence electrons. The van der Waals surface area contributed by atoms with Gasteiger partial charge in [0.1, 0.15) is 11.4 Å². The normalized spacial score (nSPS) is 17.1. The van der Waals surface area contributed by atoms with Gasteiger partial charge in [-0.05, 0) is 91.9 Å². The SMILES string of the molecule is N#Cc1ccc(CN2CCC(NC(=O)c3cc4cc(CC(=O)C5CCN(Cc6cccnc6)CC5)ccc4o3)CC2)cc1. The maximum atomic E-state index is 13.1. The number of fused-ring (bicyclic) bond motifs is 1. The number of hydrogen-bond donors (Lipinski definition) is 1. The third kappa shape index (κ3) is 7.37. The number of benzene rings is 2. The zero-order valence-corrected chi connectivity index (χ0v) is 24.4. The van der Waals surface area contributed by atoms with Crippen LogP contribution in [0.2, 0.25) is 0 Å². The smallest absolute Gasteiger partial charge is 0.287 e. The minimum absolute atomic E-state index is 0.0852. The van der Waals surface area contributed by atoms with E-state index < -0.39 is 0 Å². The van der Waals surface area contributed by atoms with E-state index in [1.54, 1.807) is 12.3 Å². The summed E-state index contributed by atoms with van der Waals surface area (Å²) in [6, 6.07) is 21.6. The zero-order chi connectivity index (χ0) is 29.6. The average molecular weight is 576 g/mol. The molecule has 2 saturated heterocycles. The first-order valence-electron chi connectivity index (χ1n) is 15.2. The summed E-state index contributed by atoms with van der Waals surface area (Å²) in [4.78, 5) is 35.1. The molecular weight excluding hydrogens is 538 g/mol. The van der Waals surface area contributed by atoms with Crippen molar-refractivity contribution in [3.63, 3.8) is 0 Å². The highest BCUT2D eigenvalue weighted by Crippen LogP contribution is 2.25. The van der Waals surface area contributed by atoms with E-state index in [1.807, 2.05) is 54.7 Å².